The average molecular weight is 150 g/mol. The van der Waals surface area contributed by atoms with Gasteiger partial charge in [-0.3, -0.25) is 0 Å². The molecule has 1 fully saturated rings. The summed E-state index contributed by atoms with van der Waals surface area (Å²) in [5, 5.41) is 8.51. The maximum absolute atomic E-state index is 10.1. The smallest absolute Gasteiger partial charge is 0.156 e. The highest BCUT2D eigenvalue weighted by Gasteiger charge is 2.28. The molecule has 0 aromatic heterocycles. The summed E-state index contributed by atoms with van der Waals surface area (Å²) < 4.78 is 9.61. The number of carbonyl (C=O) groups is 1. The van der Waals surface area contributed by atoms with E-state index in [9.17, 15) is 4.79 Å². The van der Waals surface area contributed by atoms with Gasteiger partial charge in [-0.25, -0.2) is 0 Å². The van der Waals surface area contributed by atoms with E-state index in [2.05, 4.69) is 0 Å². The van der Waals surface area contributed by atoms with Crippen LogP contribution in [0.4, 0.5) is 0 Å². The van der Waals surface area contributed by atoms with E-state index in [1.54, 1.807) is 0 Å². The van der Waals surface area contributed by atoms with Crippen molar-refractivity contribution >= 4 is 15.3 Å². The standard InChI is InChI=1S/C4H7O4P/c5-1-3-4(2-6)8-9-7-3/h1,3-4,6,9H,2H2/t3-,4?/m0/s1. The van der Waals surface area contributed by atoms with Gasteiger partial charge in [0, 0.05) is 0 Å². The average Bonchev–Trinajstić information content (AvgIpc) is 2.33. The fourth-order valence-electron chi connectivity index (χ4n) is 0.545. The Morgan fingerprint density at radius 1 is 1.67 bits per heavy atom. The maximum atomic E-state index is 10.1. The van der Waals surface area contributed by atoms with Crippen LogP contribution in [0.5, 0.6) is 0 Å². The minimum Gasteiger partial charge on any atom is -0.394 e. The summed E-state index contributed by atoms with van der Waals surface area (Å²) >= 11 is 0. The molecule has 4 nitrogen and oxygen atoms in total. The van der Waals surface area contributed by atoms with Crippen molar-refractivity contribution in [3.63, 3.8) is 0 Å². The largest absolute Gasteiger partial charge is 0.394 e. The predicted molar refractivity (Wildman–Crippen MR) is 31.2 cm³/mol. The molecule has 1 aliphatic heterocycles. The Kier molecular flexibility index (Phi) is 2.54. The van der Waals surface area contributed by atoms with Gasteiger partial charge in [0.2, 0.25) is 0 Å². The number of rotatable bonds is 2. The quantitative estimate of drug-likeness (QED) is 0.424. The van der Waals surface area contributed by atoms with Crippen molar-refractivity contribution in [3.8, 4) is 0 Å². The molecule has 0 aromatic rings. The Bertz CT molecular complexity index is 107. The van der Waals surface area contributed by atoms with Crippen LogP contribution in [0, 0.1) is 0 Å². The molecule has 0 bridgehead atoms. The van der Waals surface area contributed by atoms with Crippen LogP contribution in [0.2, 0.25) is 0 Å². The second-order valence-corrected chi connectivity index (χ2v) is 2.28. The highest BCUT2D eigenvalue weighted by Crippen LogP contribution is 2.29. The minimum atomic E-state index is -0.562. The van der Waals surface area contributed by atoms with Crippen LogP contribution in [-0.4, -0.2) is 30.2 Å². The molecular formula is C4H7O4P. The molecule has 1 rings (SSSR count). The van der Waals surface area contributed by atoms with Crippen molar-refractivity contribution in [3.05, 3.63) is 0 Å². The van der Waals surface area contributed by atoms with Crippen molar-refractivity contribution in [1.29, 1.82) is 0 Å². The lowest BCUT2D eigenvalue weighted by molar-refractivity contribution is -0.115. The van der Waals surface area contributed by atoms with Gasteiger partial charge in [-0.1, -0.05) is 0 Å². The summed E-state index contributed by atoms with van der Waals surface area (Å²) in [4.78, 5) is 10.1. The molecule has 1 N–H and O–H groups in total. The zero-order valence-electron chi connectivity index (χ0n) is 4.61. The summed E-state index contributed by atoms with van der Waals surface area (Å²) in [6, 6.07) is 0. The summed E-state index contributed by atoms with van der Waals surface area (Å²) in [5.74, 6) is 0. The Morgan fingerprint density at radius 2 is 2.44 bits per heavy atom. The first kappa shape index (κ1) is 7.09. The predicted octanol–water partition coefficient (Wildman–Crippen LogP) is -0.530. The fraction of sp³-hybridized carbons (Fsp3) is 0.750. The molecule has 1 aliphatic rings. The Hall–Kier alpha value is -0.0200. The first-order valence-electron chi connectivity index (χ1n) is 2.51. The zero-order valence-corrected chi connectivity index (χ0v) is 5.61. The van der Waals surface area contributed by atoms with E-state index in [0.29, 0.717) is 6.29 Å². The fourth-order valence-corrected chi connectivity index (χ4v) is 1.25. The third-order valence-electron chi connectivity index (χ3n) is 1.06. The van der Waals surface area contributed by atoms with Gasteiger partial charge in [0.25, 0.3) is 0 Å². The first-order chi connectivity index (χ1) is 4.38. The van der Waals surface area contributed by atoms with Gasteiger partial charge in [0.1, 0.15) is 12.2 Å². The molecule has 52 valence electrons. The van der Waals surface area contributed by atoms with Gasteiger partial charge in [0.15, 0.2) is 15.3 Å². The highest BCUT2D eigenvalue weighted by molar-refractivity contribution is 7.26. The van der Waals surface area contributed by atoms with E-state index >= 15 is 0 Å². The zero-order chi connectivity index (χ0) is 6.69. The van der Waals surface area contributed by atoms with Crippen LogP contribution < -0.4 is 0 Å². The van der Waals surface area contributed by atoms with E-state index in [0.717, 1.165) is 0 Å². The van der Waals surface area contributed by atoms with Crippen LogP contribution in [0.3, 0.4) is 0 Å². The van der Waals surface area contributed by atoms with Gasteiger partial charge in [-0.15, -0.1) is 0 Å². The van der Waals surface area contributed by atoms with Gasteiger partial charge in [0.05, 0.1) is 6.61 Å². The van der Waals surface area contributed by atoms with Gasteiger partial charge >= 0.3 is 0 Å². The number of aldehydes is 1. The molecule has 5 heteroatoms. The van der Waals surface area contributed by atoms with Crippen LogP contribution in [0.15, 0.2) is 0 Å². The van der Waals surface area contributed by atoms with E-state index in [4.69, 9.17) is 14.2 Å². The summed E-state index contributed by atoms with van der Waals surface area (Å²) in [7, 11) is -0.108. The maximum Gasteiger partial charge on any atom is 0.156 e. The van der Waals surface area contributed by atoms with Gasteiger partial charge in [-0.05, 0) is 0 Å². The number of aliphatic hydroxyl groups excluding tert-OH is 1. The van der Waals surface area contributed by atoms with Gasteiger partial charge < -0.3 is 18.9 Å². The third kappa shape index (κ3) is 1.46. The van der Waals surface area contributed by atoms with E-state index < -0.39 is 12.2 Å². The Morgan fingerprint density at radius 3 is 2.89 bits per heavy atom. The molecular weight excluding hydrogens is 143 g/mol. The lowest BCUT2D eigenvalue weighted by atomic mass is 10.2. The summed E-state index contributed by atoms with van der Waals surface area (Å²) in [5.41, 5.74) is 0. The second-order valence-electron chi connectivity index (χ2n) is 1.64. The lowest BCUT2D eigenvalue weighted by Crippen LogP contribution is -2.27. The molecule has 0 spiro atoms. The minimum absolute atomic E-state index is 0.108. The van der Waals surface area contributed by atoms with Crippen molar-refractivity contribution < 1.29 is 18.9 Å². The summed E-state index contributed by atoms with van der Waals surface area (Å²) in [6.07, 6.45) is -0.366. The number of carbonyl (C=O) groups excluding carboxylic acids is 1. The van der Waals surface area contributed by atoms with Crippen LogP contribution in [-0.2, 0) is 13.8 Å². The molecule has 0 aliphatic carbocycles. The normalized spacial score (nSPS) is 37.4. The highest BCUT2D eigenvalue weighted by atomic mass is 31.1. The van der Waals surface area contributed by atoms with Crippen LogP contribution in [0.1, 0.15) is 0 Å². The monoisotopic (exact) mass is 150 g/mol. The first-order valence-corrected chi connectivity index (χ1v) is 3.32. The van der Waals surface area contributed by atoms with Gasteiger partial charge in [-0.2, -0.15) is 0 Å². The molecule has 1 heterocycles. The number of aliphatic hydroxyl groups is 1. The van der Waals surface area contributed by atoms with Crippen LogP contribution >= 0.6 is 9.03 Å². The third-order valence-corrected chi connectivity index (χ3v) is 1.83. The summed E-state index contributed by atoms with van der Waals surface area (Å²) in [6.45, 7) is -0.156. The molecule has 2 unspecified atom stereocenters. The second kappa shape index (κ2) is 3.22. The molecule has 3 atom stereocenters. The molecule has 9 heavy (non-hydrogen) atoms. The topological polar surface area (TPSA) is 55.8 Å². The van der Waals surface area contributed by atoms with Crippen molar-refractivity contribution in [1.82, 2.24) is 0 Å². The number of hydrogen-bond acceptors (Lipinski definition) is 4. The Balaban J connectivity index is 2.41. The Labute approximate surface area is 54.1 Å². The van der Waals surface area contributed by atoms with Crippen molar-refractivity contribution in [2.24, 2.45) is 0 Å². The molecule has 0 aromatic carbocycles. The van der Waals surface area contributed by atoms with E-state index in [1.807, 2.05) is 0 Å². The molecule has 0 amide bonds. The number of hydrogen-bond donors (Lipinski definition) is 1. The van der Waals surface area contributed by atoms with Crippen molar-refractivity contribution in [2.75, 3.05) is 6.61 Å². The molecule has 1 saturated heterocycles. The van der Waals surface area contributed by atoms with E-state index in [1.165, 1.54) is 0 Å². The molecule has 0 radical (unpaired) electrons. The van der Waals surface area contributed by atoms with E-state index in [-0.39, 0.29) is 15.6 Å². The van der Waals surface area contributed by atoms with Crippen molar-refractivity contribution in [2.45, 2.75) is 12.2 Å². The molecule has 0 saturated carbocycles. The van der Waals surface area contributed by atoms with Crippen LogP contribution in [0.25, 0.3) is 0 Å². The lowest BCUT2D eigenvalue weighted by Gasteiger charge is -2.04. The SMILES string of the molecule is O=C[C@@H]1OPOC1CO.